The van der Waals surface area contributed by atoms with Crippen LogP contribution in [-0.4, -0.2) is 62.6 Å². The van der Waals surface area contributed by atoms with Gasteiger partial charge >= 0.3 is 0 Å². The van der Waals surface area contributed by atoms with E-state index in [-0.39, 0.29) is 0 Å². The molecule has 2 aromatic carbocycles. The first-order chi connectivity index (χ1) is 11.6. The lowest BCUT2D eigenvalue weighted by molar-refractivity contribution is 0.437. The topological polar surface area (TPSA) is 6.48 Å². The van der Waals surface area contributed by atoms with Crippen molar-refractivity contribution in [2.75, 3.05) is 52.8 Å². The van der Waals surface area contributed by atoms with Crippen molar-refractivity contribution in [3.05, 3.63) is 48.5 Å². The highest BCUT2D eigenvalue weighted by Crippen LogP contribution is 2.33. The first-order valence-electron chi connectivity index (χ1n) is 8.22. The van der Waals surface area contributed by atoms with E-state index in [4.69, 9.17) is 0 Å². The van der Waals surface area contributed by atoms with Crippen LogP contribution in [0, 0.1) is 6.07 Å². The van der Waals surface area contributed by atoms with E-state index in [9.17, 15) is 0 Å². The second-order valence-electron chi connectivity index (χ2n) is 6.24. The van der Waals surface area contributed by atoms with Gasteiger partial charge in [-0.25, -0.2) is 0 Å². The molecule has 0 heterocycles. The molecule has 2 rings (SSSR count). The van der Waals surface area contributed by atoms with Gasteiger partial charge in [-0.05, 0) is 57.5 Å². The van der Waals surface area contributed by atoms with Crippen LogP contribution in [-0.2, 0) is 0 Å². The normalized spacial score (nSPS) is 11.4. The summed E-state index contributed by atoms with van der Waals surface area (Å²) < 4.78 is 0. The summed E-state index contributed by atoms with van der Waals surface area (Å²) in [5, 5.41) is 0. The van der Waals surface area contributed by atoms with Crippen LogP contribution in [0.15, 0.2) is 52.3 Å². The van der Waals surface area contributed by atoms with E-state index < -0.39 is 0 Å². The fourth-order valence-electron chi connectivity index (χ4n) is 2.20. The Labute approximate surface area is 155 Å². The number of hydrogen-bond donors (Lipinski definition) is 0. The van der Waals surface area contributed by atoms with Crippen LogP contribution in [0.2, 0.25) is 0 Å². The average Bonchev–Trinajstić information content (AvgIpc) is 2.55. The van der Waals surface area contributed by atoms with E-state index in [1.165, 1.54) is 20.9 Å². The second-order valence-corrected chi connectivity index (χ2v) is 8.52. The van der Waals surface area contributed by atoms with Gasteiger partial charge in [0, 0.05) is 34.4 Å². The molecule has 0 fully saturated rings. The van der Waals surface area contributed by atoms with Crippen molar-refractivity contribution >= 4 is 23.5 Å². The Bertz CT molecular complexity index is 627. The number of hydrogen-bond acceptors (Lipinski definition) is 4. The minimum Gasteiger partial charge on any atom is -0.309 e. The SMILES string of the molecule is CN(C)CCSc1cccc(-c2ccc[c]c2SCCN(C)C)c1. The first kappa shape index (κ1) is 19.4. The van der Waals surface area contributed by atoms with E-state index in [1.54, 1.807) is 0 Å². The van der Waals surface area contributed by atoms with E-state index in [0.29, 0.717) is 0 Å². The maximum atomic E-state index is 3.42. The Hall–Kier alpha value is -0.940. The molecule has 0 bridgehead atoms. The van der Waals surface area contributed by atoms with Gasteiger partial charge in [0.1, 0.15) is 0 Å². The lowest BCUT2D eigenvalue weighted by Gasteiger charge is -2.13. The average molecular weight is 360 g/mol. The van der Waals surface area contributed by atoms with Gasteiger partial charge in [0.25, 0.3) is 0 Å². The molecule has 0 saturated carbocycles. The largest absolute Gasteiger partial charge is 0.309 e. The summed E-state index contributed by atoms with van der Waals surface area (Å²) in [6.07, 6.45) is 0. The van der Waals surface area contributed by atoms with Gasteiger partial charge in [-0.3, -0.25) is 0 Å². The Balaban J connectivity index is 2.10. The highest BCUT2D eigenvalue weighted by molar-refractivity contribution is 7.99. The molecule has 24 heavy (non-hydrogen) atoms. The van der Waals surface area contributed by atoms with Crippen LogP contribution < -0.4 is 0 Å². The molecule has 0 atom stereocenters. The third-order valence-corrected chi connectivity index (χ3v) is 5.54. The maximum Gasteiger partial charge on any atom is 0.0230 e. The molecule has 1 radical (unpaired) electrons. The van der Waals surface area contributed by atoms with E-state index in [2.05, 4.69) is 80.5 Å². The number of benzene rings is 2. The Morgan fingerprint density at radius 3 is 2.29 bits per heavy atom. The van der Waals surface area contributed by atoms with E-state index in [0.717, 1.165) is 24.6 Å². The summed E-state index contributed by atoms with van der Waals surface area (Å²) in [5.74, 6) is 2.19. The van der Waals surface area contributed by atoms with Crippen molar-refractivity contribution < 1.29 is 0 Å². The molecule has 0 saturated heterocycles. The van der Waals surface area contributed by atoms with Crippen molar-refractivity contribution in [1.29, 1.82) is 0 Å². The molecule has 0 aromatic heterocycles. The molecule has 0 aliphatic carbocycles. The summed E-state index contributed by atoms with van der Waals surface area (Å²) in [7, 11) is 8.47. The summed E-state index contributed by atoms with van der Waals surface area (Å²) in [5.41, 5.74) is 2.57. The number of nitrogens with zero attached hydrogens (tertiary/aromatic N) is 2. The monoisotopic (exact) mass is 359 g/mol. The molecule has 2 nitrogen and oxygen atoms in total. The summed E-state index contributed by atoms with van der Waals surface area (Å²) >= 11 is 3.81. The first-order valence-corrected chi connectivity index (χ1v) is 10.2. The Morgan fingerprint density at radius 1 is 0.875 bits per heavy atom. The predicted molar refractivity (Wildman–Crippen MR) is 109 cm³/mol. The quantitative estimate of drug-likeness (QED) is 0.610. The third kappa shape index (κ3) is 6.52. The third-order valence-electron chi connectivity index (χ3n) is 3.56. The van der Waals surface area contributed by atoms with E-state index in [1.807, 2.05) is 29.6 Å². The van der Waals surface area contributed by atoms with Crippen molar-refractivity contribution in [3.63, 3.8) is 0 Å². The van der Waals surface area contributed by atoms with Gasteiger partial charge < -0.3 is 9.80 Å². The summed E-state index contributed by atoms with van der Waals surface area (Å²) in [4.78, 5) is 7.03. The Kier molecular flexibility index (Phi) is 8.19. The van der Waals surface area contributed by atoms with Gasteiger partial charge in [0.2, 0.25) is 0 Å². The Morgan fingerprint density at radius 2 is 1.58 bits per heavy atom. The molecule has 0 amide bonds. The minimum atomic E-state index is 1.08. The van der Waals surface area contributed by atoms with Gasteiger partial charge in [0.05, 0.1) is 0 Å². The highest BCUT2D eigenvalue weighted by atomic mass is 32.2. The van der Waals surface area contributed by atoms with Crippen LogP contribution in [0.3, 0.4) is 0 Å². The molecule has 0 aliphatic rings. The molecule has 0 N–H and O–H groups in total. The fraction of sp³-hybridized carbons (Fsp3) is 0.400. The minimum absolute atomic E-state index is 1.08. The highest BCUT2D eigenvalue weighted by Gasteiger charge is 2.07. The van der Waals surface area contributed by atoms with Crippen LogP contribution in [0.5, 0.6) is 0 Å². The van der Waals surface area contributed by atoms with Gasteiger partial charge in [-0.1, -0.05) is 30.3 Å². The zero-order chi connectivity index (χ0) is 17.4. The lowest BCUT2D eigenvalue weighted by Crippen LogP contribution is -2.14. The summed E-state index contributed by atoms with van der Waals surface area (Å²) in [6, 6.07) is 18.6. The summed E-state index contributed by atoms with van der Waals surface area (Å²) in [6.45, 7) is 2.17. The van der Waals surface area contributed by atoms with Crippen molar-refractivity contribution in [2.45, 2.75) is 9.79 Å². The van der Waals surface area contributed by atoms with Crippen LogP contribution >= 0.6 is 23.5 Å². The van der Waals surface area contributed by atoms with Gasteiger partial charge in [-0.15, -0.1) is 23.5 Å². The zero-order valence-electron chi connectivity index (χ0n) is 15.1. The number of thioether (sulfide) groups is 2. The van der Waals surface area contributed by atoms with Crippen LogP contribution in [0.4, 0.5) is 0 Å². The van der Waals surface area contributed by atoms with Crippen molar-refractivity contribution in [2.24, 2.45) is 0 Å². The molecule has 129 valence electrons. The zero-order valence-corrected chi connectivity index (χ0v) is 16.7. The molecular weight excluding hydrogens is 332 g/mol. The maximum absolute atomic E-state index is 3.42. The number of rotatable bonds is 9. The molecule has 0 spiro atoms. The molecule has 4 heteroatoms. The molecular formula is C20H27N2S2. The predicted octanol–water partition coefficient (Wildman–Crippen LogP) is 4.46. The van der Waals surface area contributed by atoms with Gasteiger partial charge in [-0.2, -0.15) is 0 Å². The van der Waals surface area contributed by atoms with Crippen molar-refractivity contribution in [3.8, 4) is 11.1 Å². The molecule has 0 aliphatic heterocycles. The van der Waals surface area contributed by atoms with Crippen molar-refractivity contribution in [1.82, 2.24) is 9.80 Å². The van der Waals surface area contributed by atoms with E-state index >= 15 is 0 Å². The fourth-order valence-corrected chi connectivity index (χ4v) is 4.43. The molecule has 0 unspecified atom stereocenters. The van der Waals surface area contributed by atoms with Crippen LogP contribution in [0.25, 0.3) is 11.1 Å². The van der Waals surface area contributed by atoms with Gasteiger partial charge in [0.15, 0.2) is 0 Å². The molecule has 2 aromatic rings. The van der Waals surface area contributed by atoms with Crippen LogP contribution in [0.1, 0.15) is 0 Å². The second kappa shape index (κ2) is 10.1. The lowest BCUT2D eigenvalue weighted by atomic mass is 10.1. The smallest absolute Gasteiger partial charge is 0.0230 e. The standard InChI is InChI=1S/C20H27N2S2/c1-21(2)12-14-23-18-9-7-8-17(16-18)19-10-5-6-11-20(19)24-15-13-22(3)4/h5-10,16H,12-15H2,1-4H3.